The summed E-state index contributed by atoms with van der Waals surface area (Å²) in [4.78, 5) is 25.4. The number of rotatable bonds is 46. The van der Waals surface area contributed by atoms with Crippen LogP contribution in [-0.2, 0) is 18.4 Å². The van der Waals surface area contributed by atoms with E-state index in [4.69, 9.17) is 9.05 Å². The van der Waals surface area contributed by atoms with Gasteiger partial charge in [0.15, 0.2) is 0 Å². The van der Waals surface area contributed by atoms with E-state index in [1.54, 1.807) is 6.08 Å². The number of unbranched alkanes of at least 4 members (excludes halogenated alkanes) is 29. The molecule has 0 spiro atoms. The highest BCUT2D eigenvalue weighted by molar-refractivity contribution is 7.45. The summed E-state index contributed by atoms with van der Waals surface area (Å²) in [6, 6.07) is -0.906. The molecule has 9 heteroatoms. The van der Waals surface area contributed by atoms with Gasteiger partial charge in [-0.15, -0.1) is 0 Å². The van der Waals surface area contributed by atoms with E-state index in [1.807, 2.05) is 27.2 Å². The number of hydrogen-bond acceptors (Lipinski definition) is 6. The highest BCUT2D eigenvalue weighted by atomic mass is 31.2. The number of phosphoric acid groups is 1. The van der Waals surface area contributed by atoms with Crippen molar-refractivity contribution in [2.75, 3.05) is 40.9 Å². The van der Waals surface area contributed by atoms with Gasteiger partial charge in [-0.1, -0.05) is 204 Å². The van der Waals surface area contributed by atoms with Gasteiger partial charge in [-0.3, -0.25) is 9.36 Å². The maximum atomic E-state index is 12.9. The molecule has 3 atom stereocenters. The van der Waals surface area contributed by atoms with Crippen LogP contribution in [0.4, 0.5) is 0 Å². The van der Waals surface area contributed by atoms with Crippen molar-refractivity contribution >= 4 is 13.7 Å². The number of amides is 1. The molecule has 0 bridgehead atoms. The number of allylic oxidation sites excluding steroid dienone is 5. The number of nitrogens with zero attached hydrogens (tertiary/aromatic N) is 1. The molecule has 0 saturated heterocycles. The highest BCUT2D eigenvalue weighted by Crippen LogP contribution is 2.38. The lowest BCUT2D eigenvalue weighted by Crippen LogP contribution is -2.45. The Balaban J connectivity index is 4.37. The van der Waals surface area contributed by atoms with E-state index in [-0.39, 0.29) is 12.5 Å². The van der Waals surface area contributed by atoms with Gasteiger partial charge < -0.3 is 28.8 Å². The zero-order chi connectivity index (χ0) is 44.3. The normalized spacial score (nSPS) is 14.4. The maximum absolute atomic E-state index is 12.9. The molecule has 354 valence electrons. The molecule has 0 aliphatic heterocycles. The Labute approximate surface area is 372 Å². The maximum Gasteiger partial charge on any atom is 0.268 e. The molecule has 60 heavy (non-hydrogen) atoms. The average molecular weight is 867 g/mol. The van der Waals surface area contributed by atoms with Crippen molar-refractivity contribution in [2.45, 2.75) is 244 Å². The quantitative estimate of drug-likeness (QED) is 0.0273. The molecular formula is C51H99N2O6P. The first-order chi connectivity index (χ1) is 29.0. The molecule has 0 fully saturated rings. The van der Waals surface area contributed by atoms with Crippen molar-refractivity contribution in [1.82, 2.24) is 5.32 Å². The lowest BCUT2D eigenvalue weighted by atomic mass is 10.0. The molecular weight excluding hydrogens is 768 g/mol. The molecule has 0 rings (SSSR count). The number of carbonyl (C=O) groups excluding carboxylic acids is 1. The summed E-state index contributed by atoms with van der Waals surface area (Å²) < 4.78 is 23.2. The summed E-state index contributed by atoms with van der Waals surface area (Å²) in [5.74, 6) is -0.215. The van der Waals surface area contributed by atoms with Gasteiger partial charge in [-0.05, 0) is 57.8 Å². The van der Waals surface area contributed by atoms with E-state index < -0.39 is 26.6 Å². The van der Waals surface area contributed by atoms with Crippen LogP contribution >= 0.6 is 7.82 Å². The van der Waals surface area contributed by atoms with Gasteiger partial charge in [0.1, 0.15) is 13.2 Å². The van der Waals surface area contributed by atoms with E-state index in [1.165, 1.54) is 161 Å². The fraction of sp³-hybridized carbons (Fsp3) is 0.863. The second-order valence-corrected chi connectivity index (χ2v) is 19.9. The van der Waals surface area contributed by atoms with Crippen molar-refractivity contribution < 1.29 is 32.9 Å². The second-order valence-electron chi connectivity index (χ2n) is 18.5. The Morgan fingerprint density at radius 2 is 0.933 bits per heavy atom. The van der Waals surface area contributed by atoms with Crippen LogP contribution < -0.4 is 10.2 Å². The molecule has 0 heterocycles. The highest BCUT2D eigenvalue weighted by Gasteiger charge is 2.23. The van der Waals surface area contributed by atoms with E-state index in [2.05, 4.69) is 43.5 Å². The standard InChI is InChI=1S/C51H99N2O6P/c1-6-8-10-12-14-16-18-20-22-24-25-26-27-28-29-30-32-34-36-38-40-42-44-50(54)49(48-59-60(56,57)58-47-46-53(3,4)5)52-51(55)45-43-41-39-37-35-33-31-23-21-19-17-15-13-11-9-7-2/h23,31,34,36,42,44,49-50,54H,6-22,24-30,32-33,35,37-41,43,45-48H2,1-5H3,(H-,52,55,56,57)/b31-23-,36-34+,44-42+. The number of phosphoric ester groups is 1. The summed E-state index contributed by atoms with van der Waals surface area (Å²) in [7, 11) is 1.24. The Hall–Kier alpha value is -1.28. The minimum atomic E-state index is -4.60. The van der Waals surface area contributed by atoms with Crippen molar-refractivity contribution in [1.29, 1.82) is 0 Å². The first kappa shape index (κ1) is 58.7. The summed E-state index contributed by atoms with van der Waals surface area (Å²) in [5.41, 5.74) is 0. The molecule has 0 saturated carbocycles. The average Bonchev–Trinajstić information content (AvgIpc) is 3.20. The Morgan fingerprint density at radius 3 is 1.35 bits per heavy atom. The lowest BCUT2D eigenvalue weighted by molar-refractivity contribution is -0.870. The Bertz CT molecular complexity index is 1070. The fourth-order valence-corrected chi connectivity index (χ4v) is 8.00. The SMILES string of the molecule is CCCCCCCCC/C=C\CCCCCCCC(=O)NC(COP(=O)([O-])OCC[N+](C)(C)C)C(O)/C=C/CC/C=C/CCCCCCCCCCCCCCCCCC. The van der Waals surface area contributed by atoms with Gasteiger partial charge in [0.2, 0.25) is 5.91 Å². The third kappa shape index (κ3) is 44.8. The van der Waals surface area contributed by atoms with E-state index in [0.717, 1.165) is 51.4 Å². The monoisotopic (exact) mass is 867 g/mol. The van der Waals surface area contributed by atoms with Gasteiger partial charge >= 0.3 is 0 Å². The van der Waals surface area contributed by atoms with Crippen LogP contribution in [0.15, 0.2) is 36.5 Å². The number of aliphatic hydroxyl groups excluding tert-OH is 1. The number of nitrogens with one attached hydrogen (secondary N) is 1. The van der Waals surface area contributed by atoms with E-state index in [0.29, 0.717) is 17.4 Å². The lowest BCUT2D eigenvalue weighted by Gasteiger charge is -2.29. The summed E-state index contributed by atoms with van der Waals surface area (Å²) in [6.07, 6.45) is 53.5. The van der Waals surface area contributed by atoms with Gasteiger partial charge in [-0.2, -0.15) is 0 Å². The zero-order valence-electron chi connectivity index (χ0n) is 40.2. The fourth-order valence-electron chi connectivity index (χ4n) is 7.28. The molecule has 1 amide bonds. The first-order valence-electron chi connectivity index (χ1n) is 25.4. The molecule has 0 aliphatic carbocycles. The van der Waals surface area contributed by atoms with Crippen LogP contribution in [0.1, 0.15) is 232 Å². The predicted octanol–water partition coefficient (Wildman–Crippen LogP) is 14.0. The van der Waals surface area contributed by atoms with Crippen molar-refractivity contribution in [3.8, 4) is 0 Å². The molecule has 8 nitrogen and oxygen atoms in total. The zero-order valence-corrected chi connectivity index (χ0v) is 41.1. The second kappa shape index (κ2) is 43.0. The molecule has 0 aliphatic rings. The van der Waals surface area contributed by atoms with Crippen LogP contribution in [0.5, 0.6) is 0 Å². The first-order valence-corrected chi connectivity index (χ1v) is 26.8. The van der Waals surface area contributed by atoms with Crippen LogP contribution in [0.25, 0.3) is 0 Å². The molecule has 0 aromatic heterocycles. The summed E-state index contributed by atoms with van der Waals surface area (Å²) in [6.45, 7) is 4.63. The van der Waals surface area contributed by atoms with E-state index in [9.17, 15) is 19.4 Å². The van der Waals surface area contributed by atoms with Gasteiger partial charge in [0, 0.05) is 6.42 Å². The van der Waals surface area contributed by atoms with Gasteiger partial charge in [0.25, 0.3) is 7.82 Å². The topological polar surface area (TPSA) is 108 Å². The number of hydrogen-bond donors (Lipinski definition) is 2. The van der Waals surface area contributed by atoms with Crippen LogP contribution in [0, 0.1) is 0 Å². The Kier molecular flexibility index (Phi) is 42.1. The molecule has 0 aromatic carbocycles. The number of carbonyl (C=O) groups is 1. The van der Waals surface area contributed by atoms with E-state index >= 15 is 0 Å². The van der Waals surface area contributed by atoms with Crippen molar-refractivity contribution in [3.63, 3.8) is 0 Å². The number of quaternary nitrogens is 1. The van der Waals surface area contributed by atoms with Crippen molar-refractivity contribution in [3.05, 3.63) is 36.5 Å². The largest absolute Gasteiger partial charge is 0.756 e. The summed E-state index contributed by atoms with van der Waals surface area (Å²) in [5, 5.41) is 13.8. The molecule has 0 aromatic rings. The minimum Gasteiger partial charge on any atom is -0.756 e. The molecule has 2 N–H and O–H groups in total. The molecule has 3 unspecified atom stereocenters. The Morgan fingerprint density at radius 1 is 0.567 bits per heavy atom. The third-order valence-electron chi connectivity index (χ3n) is 11.3. The van der Waals surface area contributed by atoms with Crippen LogP contribution in [0.3, 0.4) is 0 Å². The van der Waals surface area contributed by atoms with Crippen LogP contribution in [-0.4, -0.2) is 68.5 Å². The van der Waals surface area contributed by atoms with Gasteiger partial charge in [-0.25, -0.2) is 0 Å². The molecule has 0 radical (unpaired) electrons. The van der Waals surface area contributed by atoms with Crippen molar-refractivity contribution in [2.24, 2.45) is 0 Å². The van der Waals surface area contributed by atoms with Gasteiger partial charge in [0.05, 0.1) is 39.9 Å². The smallest absolute Gasteiger partial charge is 0.268 e. The number of aliphatic hydroxyl groups is 1. The minimum absolute atomic E-state index is 0.00764. The predicted molar refractivity (Wildman–Crippen MR) is 256 cm³/mol. The van der Waals surface area contributed by atoms with Crippen LogP contribution in [0.2, 0.25) is 0 Å². The number of likely N-dealkylation sites (N-methyl/N-ethyl adjacent to an activating group) is 1. The third-order valence-corrected chi connectivity index (χ3v) is 12.3. The summed E-state index contributed by atoms with van der Waals surface area (Å²) >= 11 is 0.